The fourth-order valence-corrected chi connectivity index (χ4v) is 3.65. The zero-order chi connectivity index (χ0) is 15.1. The Kier molecular flexibility index (Phi) is 3.12. The first-order valence-electron chi connectivity index (χ1n) is 7.72. The Morgan fingerprint density at radius 2 is 2.23 bits per heavy atom. The van der Waals surface area contributed by atoms with E-state index in [1.807, 2.05) is 18.2 Å². The Balaban J connectivity index is 1.57. The minimum atomic E-state index is -0.0987. The summed E-state index contributed by atoms with van der Waals surface area (Å²) in [6.07, 6.45) is 7.75. The number of amides is 1. The highest BCUT2D eigenvalue weighted by molar-refractivity contribution is 6.05. The van der Waals surface area contributed by atoms with Crippen LogP contribution in [-0.2, 0) is 0 Å². The third-order valence-corrected chi connectivity index (χ3v) is 4.92. The smallest absolute Gasteiger partial charge is 0.272 e. The van der Waals surface area contributed by atoms with Crippen molar-refractivity contribution in [1.82, 2.24) is 20.4 Å². The molecular weight excluding hydrogens is 276 g/mol. The molecule has 0 saturated carbocycles. The molecule has 0 radical (unpaired) electrons. The molecule has 22 heavy (non-hydrogen) atoms. The van der Waals surface area contributed by atoms with Gasteiger partial charge in [0.1, 0.15) is 0 Å². The number of terminal acetylenes is 1. The summed E-state index contributed by atoms with van der Waals surface area (Å²) in [4.78, 5) is 15.0. The van der Waals surface area contributed by atoms with Gasteiger partial charge in [-0.3, -0.25) is 9.89 Å². The summed E-state index contributed by atoms with van der Waals surface area (Å²) in [5, 5.41) is 11.1. The summed E-state index contributed by atoms with van der Waals surface area (Å²) in [5.41, 5.74) is 2.03. The molecule has 2 bridgehead atoms. The molecule has 0 aliphatic carbocycles. The lowest BCUT2D eigenvalue weighted by molar-refractivity contribution is 0.0618. The van der Waals surface area contributed by atoms with Crippen LogP contribution in [0.3, 0.4) is 0 Å². The molecule has 1 aromatic carbocycles. The molecule has 3 saturated heterocycles. The number of rotatable bonds is 2. The molecule has 5 rings (SSSR count). The molecule has 3 aliphatic heterocycles. The molecule has 5 heteroatoms. The number of aromatic amines is 1. The van der Waals surface area contributed by atoms with E-state index >= 15 is 0 Å². The lowest BCUT2D eigenvalue weighted by Gasteiger charge is -2.44. The van der Waals surface area contributed by atoms with Gasteiger partial charge in [-0.15, -0.1) is 6.42 Å². The first kappa shape index (κ1) is 13.4. The molecular formula is C17H18N4O. The lowest BCUT2D eigenvalue weighted by atomic mass is 9.84. The molecule has 1 aromatic heterocycles. The molecule has 4 heterocycles. The minimum absolute atomic E-state index is 0.0987. The molecule has 2 N–H and O–H groups in total. The molecule has 0 unspecified atom stereocenters. The number of hydrogen-bond acceptors (Lipinski definition) is 3. The van der Waals surface area contributed by atoms with E-state index in [0.717, 1.165) is 36.1 Å². The average molecular weight is 294 g/mol. The number of piperidine rings is 3. The summed E-state index contributed by atoms with van der Waals surface area (Å²) >= 11 is 0. The summed E-state index contributed by atoms with van der Waals surface area (Å²) in [7, 11) is 0. The molecule has 2 aromatic rings. The van der Waals surface area contributed by atoms with Crippen LogP contribution in [0.2, 0.25) is 0 Å². The quantitative estimate of drug-likeness (QED) is 0.822. The third-order valence-electron chi connectivity index (χ3n) is 4.92. The monoisotopic (exact) mass is 294 g/mol. The van der Waals surface area contributed by atoms with Crippen LogP contribution in [0, 0.1) is 18.3 Å². The zero-order valence-corrected chi connectivity index (χ0v) is 12.3. The third kappa shape index (κ3) is 2.16. The van der Waals surface area contributed by atoms with E-state index in [-0.39, 0.29) is 11.9 Å². The molecule has 1 amide bonds. The summed E-state index contributed by atoms with van der Waals surface area (Å²) in [6.45, 7) is 3.29. The van der Waals surface area contributed by atoms with Crippen molar-refractivity contribution in [3.05, 3.63) is 29.5 Å². The highest BCUT2D eigenvalue weighted by Gasteiger charge is 2.35. The van der Waals surface area contributed by atoms with Crippen LogP contribution in [0.1, 0.15) is 28.9 Å². The van der Waals surface area contributed by atoms with Crippen LogP contribution in [0.4, 0.5) is 0 Å². The fourth-order valence-electron chi connectivity index (χ4n) is 3.65. The van der Waals surface area contributed by atoms with Crippen LogP contribution >= 0.6 is 0 Å². The number of nitrogens with zero attached hydrogens (tertiary/aromatic N) is 2. The van der Waals surface area contributed by atoms with E-state index in [1.165, 1.54) is 12.8 Å². The molecule has 0 spiro atoms. The van der Waals surface area contributed by atoms with Crippen molar-refractivity contribution in [2.24, 2.45) is 5.92 Å². The van der Waals surface area contributed by atoms with Gasteiger partial charge in [0.05, 0.1) is 5.52 Å². The van der Waals surface area contributed by atoms with Crippen molar-refractivity contribution in [2.75, 3.05) is 19.6 Å². The molecule has 112 valence electrons. The van der Waals surface area contributed by atoms with Gasteiger partial charge in [-0.1, -0.05) is 5.92 Å². The van der Waals surface area contributed by atoms with E-state index < -0.39 is 0 Å². The van der Waals surface area contributed by atoms with Crippen LogP contribution in [0.15, 0.2) is 18.2 Å². The Labute approximate surface area is 129 Å². The number of benzene rings is 1. The van der Waals surface area contributed by atoms with Gasteiger partial charge in [0.15, 0.2) is 5.69 Å². The lowest BCUT2D eigenvalue weighted by Crippen LogP contribution is -2.57. The maximum Gasteiger partial charge on any atom is 0.272 e. The Hall–Kier alpha value is -2.32. The second-order valence-corrected chi connectivity index (χ2v) is 6.19. The zero-order valence-electron chi connectivity index (χ0n) is 12.3. The summed E-state index contributed by atoms with van der Waals surface area (Å²) in [6, 6.07) is 5.78. The average Bonchev–Trinajstić information content (AvgIpc) is 2.99. The number of fused-ring (bicyclic) bond motifs is 4. The van der Waals surface area contributed by atoms with Crippen molar-refractivity contribution in [1.29, 1.82) is 0 Å². The fraction of sp³-hybridized carbons (Fsp3) is 0.412. The van der Waals surface area contributed by atoms with Gasteiger partial charge in [-0.25, -0.2) is 0 Å². The number of aromatic nitrogens is 2. The van der Waals surface area contributed by atoms with E-state index in [0.29, 0.717) is 11.6 Å². The van der Waals surface area contributed by atoms with E-state index in [2.05, 4.69) is 26.3 Å². The van der Waals surface area contributed by atoms with Gasteiger partial charge >= 0.3 is 0 Å². The number of H-pyrrole nitrogens is 1. The standard InChI is InChI=1S/C17H18N4O/c1-2-11-3-4-13-14(9-11)19-20-16(13)17(22)18-15-10-21-7-5-12(15)6-8-21/h1,3-4,9,12,15H,5-8,10H2,(H,18,22)(H,19,20)/t15-/m0/s1. The molecule has 1 atom stereocenters. The SMILES string of the molecule is C#Cc1ccc2c(C(=O)N[C@H]3CN4CCC3CC4)n[nH]c2c1. The Bertz CT molecular complexity index is 765. The predicted molar refractivity (Wildman–Crippen MR) is 84.4 cm³/mol. The maximum atomic E-state index is 12.6. The highest BCUT2D eigenvalue weighted by Crippen LogP contribution is 2.28. The highest BCUT2D eigenvalue weighted by atomic mass is 16.2. The van der Waals surface area contributed by atoms with Gasteiger partial charge < -0.3 is 10.2 Å². The van der Waals surface area contributed by atoms with Gasteiger partial charge in [-0.05, 0) is 50.0 Å². The largest absolute Gasteiger partial charge is 0.346 e. The van der Waals surface area contributed by atoms with Gasteiger partial charge in [0.25, 0.3) is 5.91 Å². The second-order valence-electron chi connectivity index (χ2n) is 6.19. The number of carbonyl (C=O) groups is 1. The van der Waals surface area contributed by atoms with Gasteiger partial charge in [0, 0.05) is 23.5 Å². The van der Waals surface area contributed by atoms with Crippen LogP contribution < -0.4 is 5.32 Å². The molecule has 3 fully saturated rings. The first-order valence-corrected chi connectivity index (χ1v) is 7.72. The minimum Gasteiger partial charge on any atom is -0.346 e. The van der Waals surface area contributed by atoms with E-state index in [4.69, 9.17) is 6.42 Å². The number of nitrogens with one attached hydrogen (secondary N) is 2. The number of hydrogen-bond donors (Lipinski definition) is 2. The maximum absolute atomic E-state index is 12.6. The Morgan fingerprint density at radius 3 is 2.91 bits per heavy atom. The van der Waals surface area contributed by atoms with Crippen molar-refractivity contribution in [3.63, 3.8) is 0 Å². The van der Waals surface area contributed by atoms with Gasteiger partial charge in [0.2, 0.25) is 0 Å². The topological polar surface area (TPSA) is 61.0 Å². The van der Waals surface area contributed by atoms with Crippen LogP contribution in [-0.4, -0.2) is 46.7 Å². The Morgan fingerprint density at radius 1 is 1.41 bits per heavy atom. The van der Waals surface area contributed by atoms with Gasteiger partial charge in [-0.2, -0.15) is 5.10 Å². The summed E-state index contributed by atoms with van der Waals surface area (Å²) < 4.78 is 0. The normalized spacial score (nSPS) is 26.8. The predicted octanol–water partition coefficient (Wildman–Crippen LogP) is 1.37. The summed E-state index contributed by atoms with van der Waals surface area (Å²) in [5.74, 6) is 3.09. The molecule has 5 nitrogen and oxygen atoms in total. The van der Waals surface area contributed by atoms with Crippen molar-refractivity contribution in [2.45, 2.75) is 18.9 Å². The first-order chi connectivity index (χ1) is 10.7. The second kappa shape index (κ2) is 5.15. The van der Waals surface area contributed by atoms with Crippen molar-refractivity contribution >= 4 is 16.8 Å². The van der Waals surface area contributed by atoms with Crippen LogP contribution in [0.5, 0.6) is 0 Å². The number of carbonyl (C=O) groups excluding carboxylic acids is 1. The van der Waals surface area contributed by atoms with E-state index in [1.54, 1.807) is 0 Å². The van der Waals surface area contributed by atoms with Crippen LogP contribution in [0.25, 0.3) is 10.9 Å². The van der Waals surface area contributed by atoms with Crippen molar-refractivity contribution in [3.8, 4) is 12.3 Å². The molecule has 3 aliphatic rings. The van der Waals surface area contributed by atoms with E-state index in [9.17, 15) is 4.79 Å². The van der Waals surface area contributed by atoms with Crippen molar-refractivity contribution < 1.29 is 4.79 Å².